The van der Waals surface area contributed by atoms with Crippen molar-refractivity contribution in [2.45, 2.75) is 52.0 Å². The predicted molar refractivity (Wildman–Crippen MR) is 106 cm³/mol. The fourth-order valence-corrected chi connectivity index (χ4v) is 3.83. The highest BCUT2D eigenvalue weighted by molar-refractivity contribution is 5.98. The maximum Gasteiger partial charge on any atom is 0.306 e. The molecule has 158 valence electrons. The molecule has 1 aliphatic carbocycles. The number of benzene rings is 1. The number of amides is 1. The lowest BCUT2D eigenvalue weighted by atomic mass is 9.78. The fourth-order valence-electron chi connectivity index (χ4n) is 3.83. The molecule has 1 saturated carbocycles. The Kier molecular flexibility index (Phi) is 7.12. The van der Waals surface area contributed by atoms with Crippen molar-refractivity contribution in [3.05, 3.63) is 23.8 Å². The highest BCUT2D eigenvalue weighted by Gasteiger charge is 2.28. The van der Waals surface area contributed by atoms with Crippen LogP contribution < -0.4 is 14.8 Å². The number of ketones is 1. The Bertz CT molecular complexity index is 762. The zero-order valence-corrected chi connectivity index (χ0v) is 17.1. The van der Waals surface area contributed by atoms with Gasteiger partial charge >= 0.3 is 5.97 Å². The van der Waals surface area contributed by atoms with E-state index >= 15 is 0 Å². The summed E-state index contributed by atoms with van der Waals surface area (Å²) >= 11 is 0. The first kappa shape index (κ1) is 21.1. The zero-order chi connectivity index (χ0) is 20.8. The molecule has 1 fully saturated rings. The number of Topliss-reactive ketones (excluding diaryl/α,β-unsaturated/α-hetero) is 1. The number of ether oxygens (including phenoxy) is 3. The normalized spacial score (nSPS) is 23.2. The van der Waals surface area contributed by atoms with Crippen molar-refractivity contribution in [3.63, 3.8) is 0 Å². The second kappa shape index (κ2) is 9.76. The summed E-state index contributed by atoms with van der Waals surface area (Å²) in [5, 5.41) is 2.97. The summed E-state index contributed by atoms with van der Waals surface area (Å²) in [5.74, 6) is 1.09. The quantitative estimate of drug-likeness (QED) is 0.556. The molecule has 29 heavy (non-hydrogen) atoms. The number of carbonyl (C=O) groups is 3. The van der Waals surface area contributed by atoms with Crippen molar-refractivity contribution >= 4 is 17.7 Å². The molecule has 3 rings (SSSR count). The Morgan fingerprint density at radius 3 is 2.62 bits per heavy atom. The molecular weight excluding hydrogens is 374 g/mol. The number of hydrogen-bond donors (Lipinski definition) is 1. The summed E-state index contributed by atoms with van der Waals surface area (Å²) in [5.41, 5.74) is 0.459. The van der Waals surface area contributed by atoms with Crippen LogP contribution in [0.1, 0.15) is 56.3 Å². The summed E-state index contributed by atoms with van der Waals surface area (Å²) < 4.78 is 15.9. The summed E-state index contributed by atoms with van der Waals surface area (Å²) in [7, 11) is 0. The molecule has 0 radical (unpaired) electrons. The molecule has 0 saturated heterocycles. The van der Waals surface area contributed by atoms with Gasteiger partial charge in [0.25, 0.3) is 5.91 Å². The summed E-state index contributed by atoms with van der Waals surface area (Å²) in [4.78, 5) is 36.3. The Morgan fingerprint density at radius 1 is 1.07 bits per heavy atom. The Morgan fingerprint density at radius 2 is 1.83 bits per heavy atom. The van der Waals surface area contributed by atoms with E-state index in [-0.39, 0.29) is 37.2 Å². The maximum atomic E-state index is 12.3. The molecule has 2 aliphatic rings. The van der Waals surface area contributed by atoms with E-state index in [2.05, 4.69) is 19.2 Å². The molecule has 0 spiro atoms. The SMILES string of the molecule is CC1CCCC(NC(=O)COC(=O)CCC(=O)c2ccc3c(c2)OCCO3)C1C. The average molecular weight is 403 g/mol. The van der Waals surface area contributed by atoms with Gasteiger partial charge in [-0.3, -0.25) is 14.4 Å². The van der Waals surface area contributed by atoms with Crippen LogP contribution in [-0.4, -0.2) is 43.5 Å². The van der Waals surface area contributed by atoms with Gasteiger partial charge < -0.3 is 19.5 Å². The fraction of sp³-hybridized carbons (Fsp3) is 0.591. The van der Waals surface area contributed by atoms with E-state index in [1.807, 2.05) is 0 Å². The molecule has 3 atom stereocenters. The standard InChI is InChI=1S/C22H29NO6/c1-14-4-3-5-17(15(14)2)23-21(25)13-29-22(26)9-7-18(24)16-6-8-19-20(12-16)28-11-10-27-19/h6,8,12,14-15,17H,3-5,7,9-11,13H2,1-2H3,(H,23,25). The van der Waals surface area contributed by atoms with Gasteiger partial charge in [0.15, 0.2) is 23.9 Å². The third-order valence-electron chi connectivity index (χ3n) is 5.84. The monoisotopic (exact) mass is 403 g/mol. The number of rotatable bonds is 7. The molecule has 1 heterocycles. The predicted octanol–water partition coefficient (Wildman–Crippen LogP) is 2.90. The van der Waals surface area contributed by atoms with Crippen LogP contribution in [0.3, 0.4) is 0 Å². The molecule has 1 aromatic rings. The van der Waals surface area contributed by atoms with Gasteiger partial charge in [0, 0.05) is 18.0 Å². The molecule has 7 nitrogen and oxygen atoms in total. The molecule has 7 heteroatoms. The van der Waals surface area contributed by atoms with Gasteiger partial charge in [-0.2, -0.15) is 0 Å². The van der Waals surface area contributed by atoms with Gasteiger partial charge in [-0.25, -0.2) is 0 Å². The largest absolute Gasteiger partial charge is 0.486 e. The third-order valence-corrected chi connectivity index (χ3v) is 5.84. The summed E-state index contributed by atoms with van der Waals surface area (Å²) in [6, 6.07) is 5.10. The van der Waals surface area contributed by atoms with Crippen LogP contribution in [0, 0.1) is 11.8 Å². The molecular formula is C22H29NO6. The van der Waals surface area contributed by atoms with Crippen molar-refractivity contribution in [1.82, 2.24) is 5.32 Å². The van der Waals surface area contributed by atoms with Crippen molar-refractivity contribution in [3.8, 4) is 11.5 Å². The molecule has 1 aliphatic heterocycles. The number of nitrogens with one attached hydrogen (secondary N) is 1. The summed E-state index contributed by atoms with van der Waals surface area (Å²) in [6.45, 7) is 4.95. The highest BCUT2D eigenvalue weighted by Crippen LogP contribution is 2.31. The van der Waals surface area contributed by atoms with Gasteiger partial charge in [0.2, 0.25) is 0 Å². The van der Waals surface area contributed by atoms with Gasteiger partial charge in [-0.1, -0.05) is 26.7 Å². The smallest absolute Gasteiger partial charge is 0.306 e. The van der Waals surface area contributed by atoms with E-state index in [0.29, 0.717) is 42.1 Å². The average Bonchev–Trinajstić information content (AvgIpc) is 2.73. The third kappa shape index (κ3) is 5.71. The van der Waals surface area contributed by atoms with Gasteiger partial charge in [-0.15, -0.1) is 0 Å². The van der Waals surface area contributed by atoms with Crippen molar-refractivity contribution in [2.24, 2.45) is 11.8 Å². The molecule has 0 bridgehead atoms. The topological polar surface area (TPSA) is 90.9 Å². The van der Waals surface area contributed by atoms with Gasteiger partial charge in [0.1, 0.15) is 13.2 Å². The highest BCUT2D eigenvalue weighted by atomic mass is 16.6. The van der Waals surface area contributed by atoms with E-state index in [9.17, 15) is 14.4 Å². The van der Waals surface area contributed by atoms with Crippen LogP contribution in [0.5, 0.6) is 11.5 Å². The van der Waals surface area contributed by atoms with Crippen LogP contribution in [0.15, 0.2) is 18.2 Å². The van der Waals surface area contributed by atoms with Gasteiger partial charge in [-0.05, 0) is 36.5 Å². The number of fused-ring (bicyclic) bond motifs is 1. The minimum atomic E-state index is -0.559. The van der Waals surface area contributed by atoms with Crippen LogP contribution in [0.2, 0.25) is 0 Å². The second-order valence-corrected chi connectivity index (χ2v) is 7.88. The van der Waals surface area contributed by atoms with Crippen LogP contribution in [0.25, 0.3) is 0 Å². The molecule has 0 aromatic heterocycles. The molecule has 1 aromatic carbocycles. The first-order chi connectivity index (χ1) is 13.9. The van der Waals surface area contributed by atoms with Gasteiger partial charge in [0.05, 0.1) is 6.42 Å². The van der Waals surface area contributed by atoms with Crippen LogP contribution in [-0.2, 0) is 14.3 Å². The number of hydrogen-bond acceptors (Lipinski definition) is 6. The lowest BCUT2D eigenvalue weighted by Crippen LogP contribution is -2.45. The first-order valence-electron chi connectivity index (χ1n) is 10.3. The minimum Gasteiger partial charge on any atom is -0.486 e. The second-order valence-electron chi connectivity index (χ2n) is 7.88. The van der Waals surface area contributed by atoms with E-state index < -0.39 is 5.97 Å². The number of carbonyl (C=O) groups excluding carboxylic acids is 3. The molecule has 1 N–H and O–H groups in total. The Labute approximate surface area is 171 Å². The van der Waals surface area contributed by atoms with Crippen molar-refractivity contribution in [2.75, 3.05) is 19.8 Å². The van der Waals surface area contributed by atoms with Crippen LogP contribution in [0.4, 0.5) is 0 Å². The van der Waals surface area contributed by atoms with Crippen molar-refractivity contribution in [1.29, 1.82) is 0 Å². The Balaban J connectivity index is 1.39. The van der Waals surface area contributed by atoms with E-state index in [1.165, 1.54) is 6.42 Å². The first-order valence-corrected chi connectivity index (χ1v) is 10.3. The Hall–Kier alpha value is -2.57. The van der Waals surface area contributed by atoms with Crippen molar-refractivity contribution < 1.29 is 28.6 Å². The minimum absolute atomic E-state index is 0.0112. The lowest BCUT2D eigenvalue weighted by Gasteiger charge is -2.34. The molecule has 3 unspecified atom stereocenters. The van der Waals surface area contributed by atoms with E-state index in [4.69, 9.17) is 14.2 Å². The van der Waals surface area contributed by atoms with E-state index in [1.54, 1.807) is 18.2 Å². The zero-order valence-electron chi connectivity index (χ0n) is 17.1. The lowest BCUT2D eigenvalue weighted by molar-refractivity contribution is -0.148. The van der Waals surface area contributed by atoms with Crippen LogP contribution >= 0.6 is 0 Å². The maximum absolute atomic E-state index is 12.3. The van der Waals surface area contributed by atoms with E-state index in [0.717, 1.165) is 12.8 Å². The molecule has 1 amide bonds. The summed E-state index contributed by atoms with van der Waals surface area (Å²) in [6.07, 6.45) is 3.17. The number of esters is 1.